The fraction of sp³-hybridized carbons (Fsp3) is 0.400. The number of likely N-dealkylation sites (N-methyl/N-ethyl adjacent to an activating group) is 1. The van der Waals surface area contributed by atoms with Crippen molar-refractivity contribution in [1.82, 2.24) is 14.5 Å². The highest BCUT2D eigenvalue weighted by Crippen LogP contribution is 2.32. The molecule has 0 unspecified atom stereocenters. The molecule has 3 aromatic rings. The lowest BCUT2D eigenvalue weighted by Gasteiger charge is -2.30. The van der Waals surface area contributed by atoms with Crippen LogP contribution in [0.4, 0.5) is 5.69 Å². The van der Waals surface area contributed by atoms with Gasteiger partial charge in [-0.1, -0.05) is 30.3 Å². The van der Waals surface area contributed by atoms with E-state index >= 15 is 0 Å². The zero-order valence-electron chi connectivity index (χ0n) is 16.5. The molecule has 3 N–H and O–H groups in total. The normalized spacial score (nSPS) is 13.4. The summed E-state index contributed by atoms with van der Waals surface area (Å²) in [5.74, 6) is 0.390. The van der Waals surface area contributed by atoms with Crippen molar-refractivity contribution in [3.63, 3.8) is 0 Å². The van der Waals surface area contributed by atoms with E-state index in [1.165, 1.54) is 13.4 Å². The molecule has 0 amide bonds. The molecule has 156 valence electrons. The van der Waals surface area contributed by atoms with E-state index in [4.69, 9.17) is 9.47 Å². The van der Waals surface area contributed by atoms with Crippen LogP contribution >= 0.6 is 0 Å². The summed E-state index contributed by atoms with van der Waals surface area (Å²) in [5, 5.41) is 29.1. The zero-order valence-corrected chi connectivity index (χ0v) is 16.5. The number of anilines is 1. The first-order chi connectivity index (χ1) is 14.1. The van der Waals surface area contributed by atoms with Crippen LogP contribution in [0.2, 0.25) is 0 Å². The molecule has 0 aliphatic rings. The van der Waals surface area contributed by atoms with Gasteiger partial charge < -0.3 is 34.3 Å². The summed E-state index contributed by atoms with van der Waals surface area (Å²) in [5.41, 5.74) is 2.93. The molecule has 0 spiro atoms. The first-order valence-electron chi connectivity index (χ1n) is 9.22. The van der Waals surface area contributed by atoms with Gasteiger partial charge in [0.25, 0.3) is 0 Å². The average molecular weight is 402 g/mol. The first kappa shape index (κ1) is 21.0. The maximum Gasteiger partial charge on any atom is 0.241 e. The molecule has 29 heavy (non-hydrogen) atoms. The Balaban J connectivity index is 1.92. The van der Waals surface area contributed by atoms with Crippen LogP contribution < -0.4 is 9.64 Å². The van der Waals surface area contributed by atoms with Crippen LogP contribution in [0.25, 0.3) is 11.0 Å². The number of benzene rings is 1. The van der Waals surface area contributed by atoms with Crippen LogP contribution in [0.5, 0.6) is 5.88 Å². The molecule has 0 bridgehead atoms. The van der Waals surface area contributed by atoms with E-state index in [0.29, 0.717) is 29.2 Å². The van der Waals surface area contributed by atoms with E-state index in [1.54, 1.807) is 18.1 Å². The van der Waals surface area contributed by atoms with Crippen molar-refractivity contribution in [2.45, 2.75) is 25.5 Å². The largest absolute Gasteiger partial charge is 0.479 e. The Morgan fingerprint density at radius 2 is 1.90 bits per heavy atom. The highest BCUT2D eigenvalue weighted by atomic mass is 16.5. The summed E-state index contributed by atoms with van der Waals surface area (Å²) in [6, 6.07) is 9.12. The molecule has 0 aliphatic carbocycles. The summed E-state index contributed by atoms with van der Waals surface area (Å²) >= 11 is 0. The molecule has 2 atom stereocenters. The maximum atomic E-state index is 10.1. The summed E-state index contributed by atoms with van der Waals surface area (Å²) in [6.45, 7) is -0.135. The summed E-state index contributed by atoms with van der Waals surface area (Å²) in [7, 11) is 3.25. The molecular weight excluding hydrogens is 376 g/mol. The number of aliphatic hydroxyl groups is 3. The van der Waals surface area contributed by atoms with Crippen molar-refractivity contribution in [3.8, 4) is 5.88 Å². The lowest BCUT2D eigenvalue weighted by Crippen LogP contribution is -2.45. The topological polar surface area (TPSA) is 113 Å². The second kappa shape index (κ2) is 9.66. The quantitative estimate of drug-likeness (QED) is 0.456. The van der Waals surface area contributed by atoms with Gasteiger partial charge in [0.15, 0.2) is 0 Å². The van der Waals surface area contributed by atoms with Gasteiger partial charge >= 0.3 is 0 Å². The highest BCUT2D eigenvalue weighted by molar-refractivity contribution is 5.92. The minimum absolute atomic E-state index is 0.231. The third-order valence-electron chi connectivity index (χ3n) is 4.83. The molecule has 0 aliphatic heterocycles. The predicted octanol–water partition coefficient (Wildman–Crippen LogP) is 0.764. The van der Waals surface area contributed by atoms with Gasteiger partial charge in [-0.3, -0.25) is 0 Å². The molecule has 1 aromatic carbocycles. The number of fused-ring (bicyclic) bond motifs is 1. The van der Waals surface area contributed by atoms with Crippen molar-refractivity contribution in [1.29, 1.82) is 0 Å². The standard InChI is InChI=1S/C20H26N4O5/c1-23(16(9-25)17(27)10-26)15-8-24(13-29-11-14-6-4-3-5-7-14)19-18(15)21-12-22-20(19)28-2/h3-8,12,16-17,25-27H,9-11,13H2,1-2H3/t16-,17-/m0/s1. The van der Waals surface area contributed by atoms with Gasteiger partial charge in [-0.05, 0) is 5.56 Å². The molecule has 3 rings (SSSR count). The fourth-order valence-corrected chi connectivity index (χ4v) is 3.23. The molecule has 9 nitrogen and oxygen atoms in total. The summed E-state index contributed by atoms with van der Waals surface area (Å²) in [6.07, 6.45) is 2.09. The van der Waals surface area contributed by atoms with E-state index in [1.807, 2.05) is 34.9 Å². The third-order valence-corrected chi connectivity index (χ3v) is 4.83. The third kappa shape index (κ3) is 4.48. The molecule has 2 aromatic heterocycles. The van der Waals surface area contributed by atoms with Crippen LogP contribution in [-0.2, 0) is 18.1 Å². The van der Waals surface area contributed by atoms with Gasteiger partial charge in [0.1, 0.15) is 24.1 Å². The molecular formula is C20H26N4O5. The van der Waals surface area contributed by atoms with Crippen molar-refractivity contribution < 1.29 is 24.8 Å². The van der Waals surface area contributed by atoms with Crippen LogP contribution in [-0.4, -0.2) is 69.4 Å². The van der Waals surface area contributed by atoms with Crippen LogP contribution in [0.1, 0.15) is 5.56 Å². The minimum atomic E-state index is -1.11. The Hall–Kier alpha value is -2.72. The van der Waals surface area contributed by atoms with E-state index in [-0.39, 0.29) is 13.3 Å². The molecule has 9 heteroatoms. The van der Waals surface area contributed by atoms with E-state index in [2.05, 4.69) is 9.97 Å². The number of nitrogens with zero attached hydrogens (tertiary/aromatic N) is 4. The average Bonchev–Trinajstić information content (AvgIpc) is 3.13. The SMILES string of the molecule is COc1ncnc2c(N(C)[C@@H](CO)[C@@H](O)CO)cn(COCc3ccccc3)c12. The molecule has 2 heterocycles. The van der Waals surface area contributed by atoms with E-state index in [9.17, 15) is 15.3 Å². The second-order valence-corrected chi connectivity index (χ2v) is 6.64. The van der Waals surface area contributed by atoms with Crippen LogP contribution in [0.15, 0.2) is 42.9 Å². The second-order valence-electron chi connectivity index (χ2n) is 6.64. The Labute approximate surface area is 168 Å². The number of rotatable bonds is 10. The van der Waals surface area contributed by atoms with Gasteiger partial charge in [0, 0.05) is 13.2 Å². The Morgan fingerprint density at radius 1 is 1.14 bits per heavy atom. The molecule has 0 saturated heterocycles. The smallest absolute Gasteiger partial charge is 0.241 e. The maximum absolute atomic E-state index is 10.1. The number of ether oxygens (including phenoxy) is 2. The summed E-state index contributed by atoms with van der Waals surface area (Å²) in [4.78, 5) is 10.2. The predicted molar refractivity (Wildman–Crippen MR) is 108 cm³/mol. The lowest BCUT2D eigenvalue weighted by molar-refractivity contribution is 0.0532. The Kier molecular flexibility index (Phi) is 6.99. The van der Waals surface area contributed by atoms with Gasteiger partial charge in [0.2, 0.25) is 5.88 Å². The van der Waals surface area contributed by atoms with Crippen LogP contribution in [0.3, 0.4) is 0 Å². The van der Waals surface area contributed by atoms with Gasteiger partial charge in [-0.25, -0.2) is 4.98 Å². The first-order valence-corrected chi connectivity index (χ1v) is 9.22. The minimum Gasteiger partial charge on any atom is -0.479 e. The number of hydrogen-bond donors (Lipinski definition) is 3. The number of aliphatic hydroxyl groups excluding tert-OH is 3. The molecule has 0 radical (unpaired) electrons. The summed E-state index contributed by atoms with van der Waals surface area (Å²) < 4.78 is 13.1. The molecule has 0 saturated carbocycles. The van der Waals surface area contributed by atoms with Gasteiger partial charge in [-0.15, -0.1) is 0 Å². The van der Waals surface area contributed by atoms with Gasteiger partial charge in [-0.2, -0.15) is 4.98 Å². The number of aromatic nitrogens is 3. The molecule has 0 fully saturated rings. The Bertz CT molecular complexity index is 918. The van der Waals surface area contributed by atoms with E-state index < -0.39 is 18.8 Å². The van der Waals surface area contributed by atoms with Gasteiger partial charge in [0.05, 0.1) is 44.8 Å². The van der Waals surface area contributed by atoms with E-state index in [0.717, 1.165) is 5.56 Å². The van der Waals surface area contributed by atoms with Crippen molar-refractivity contribution in [3.05, 3.63) is 48.4 Å². The fourth-order valence-electron chi connectivity index (χ4n) is 3.23. The highest BCUT2D eigenvalue weighted by Gasteiger charge is 2.26. The lowest BCUT2D eigenvalue weighted by atomic mass is 10.1. The van der Waals surface area contributed by atoms with Crippen molar-refractivity contribution in [2.75, 3.05) is 32.3 Å². The van der Waals surface area contributed by atoms with Crippen molar-refractivity contribution in [2.24, 2.45) is 0 Å². The van der Waals surface area contributed by atoms with Crippen LogP contribution in [0, 0.1) is 0 Å². The van der Waals surface area contributed by atoms with Crippen molar-refractivity contribution >= 4 is 16.7 Å². The zero-order chi connectivity index (χ0) is 20.8. The Morgan fingerprint density at radius 3 is 2.55 bits per heavy atom. The number of methoxy groups -OCH3 is 1. The monoisotopic (exact) mass is 402 g/mol. The number of hydrogen-bond acceptors (Lipinski definition) is 8.